The highest BCUT2D eigenvalue weighted by Crippen LogP contribution is 2.36. The van der Waals surface area contributed by atoms with Crippen molar-refractivity contribution in [3.8, 4) is 5.75 Å². The molecular formula is C15H11Cl2NO3. The predicted molar refractivity (Wildman–Crippen MR) is 81.1 cm³/mol. The van der Waals surface area contributed by atoms with Gasteiger partial charge in [0.25, 0.3) is 5.91 Å². The highest BCUT2D eigenvalue weighted by molar-refractivity contribution is 6.42. The minimum atomic E-state index is -0.944. The first-order chi connectivity index (χ1) is 10.1. The molecule has 1 heterocycles. The Morgan fingerprint density at radius 1 is 1.24 bits per heavy atom. The molecule has 0 fully saturated rings. The molecular weight excluding hydrogens is 313 g/mol. The van der Waals surface area contributed by atoms with Crippen molar-refractivity contribution in [3.63, 3.8) is 0 Å². The maximum Gasteiger partial charge on any atom is 0.262 e. The van der Waals surface area contributed by atoms with Crippen LogP contribution in [0, 0.1) is 0 Å². The van der Waals surface area contributed by atoms with Crippen molar-refractivity contribution in [2.45, 2.75) is 6.10 Å². The Morgan fingerprint density at radius 3 is 2.86 bits per heavy atom. The van der Waals surface area contributed by atoms with Gasteiger partial charge in [-0.1, -0.05) is 41.4 Å². The third-order valence-electron chi connectivity index (χ3n) is 3.23. The number of nitrogens with one attached hydrogen (secondary N) is 1. The maximum atomic E-state index is 11.3. The Labute approximate surface area is 131 Å². The summed E-state index contributed by atoms with van der Waals surface area (Å²) in [6, 6.07) is 10.2. The van der Waals surface area contributed by atoms with Crippen LogP contribution in [0.2, 0.25) is 10.0 Å². The molecule has 108 valence electrons. The van der Waals surface area contributed by atoms with Gasteiger partial charge in [-0.05, 0) is 23.8 Å². The number of hydrogen-bond donors (Lipinski definition) is 2. The van der Waals surface area contributed by atoms with Crippen LogP contribution in [0.4, 0.5) is 5.69 Å². The van der Waals surface area contributed by atoms with Crippen molar-refractivity contribution in [1.82, 2.24) is 0 Å². The summed E-state index contributed by atoms with van der Waals surface area (Å²) < 4.78 is 5.28. The first kappa shape index (κ1) is 14.2. The van der Waals surface area contributed by atoms with Gasteiger partial charge >= 0.3 is 0 Å². The molecule has 0 spiro atoms. The van der Waals surface area contributed by atoms with E-state index in [0.29, 0.717) is 32.6 Å². The first-order valence-corrected chi connectivity index (χ1v) is 7.00. The number of ether oxygens (including phenoxy) is 1. The Balaban J connectivity index is 1.98. The second kappa shape index (κ2) is 5.56. The Kier molecular flexibility index (Phi) is 3.76. The SMILES string of the molecule is O=C1COc2ccc(C(O)c3cccc(Cl)c3Cl)cc2N1. The molecule has 1 unspecified atom stereocenters. The summed E-state index contributed by atoms with van der Waals surface area (Å²) in [5.74, 6) is 0.345. The van der Waals surface area contributed by atoms with Crippen LogP contribution in [-0.4, -0.2) is 17.6 Å². The fourth-order valence-electron chi connectivity index (χ4n) is 2.18. The molecule has 0 saturated carbocycles. The summed E-state index contributed by atoms with van der Waals surface area (Å²) in [6.45, 7) is -0.00494. The summed E-state index contributed by atoms with van der Waals surface area (Å²) in [7, 11) is 0. The van der Waals surface area contributed by atoms with Crippen molar-refractivity contribution >= 4 is 34.8 Å². The number of anilines is 1. The molecule has 0 aromatic heterocycles. The minimum Gasteiger partial charge on any atom is -0.482 e. The van der Waals surface area contributed by atoms with E-state index in [0.717, 1.165) is 0 Å². The van der Waals surface area contributed by atoms with E-state index in [9.17, 15) is 9.90 Å². The number of aliphatic hydroxyl groups is 1. The molecule has 0 radical (unpaired) electrons. The van der Waals surface area contributed by atoms with Gasteiger partial charge in [0.15, 0.2) is 6.61 Å². The normalized spacial score (nSPS) is 14.9. The minimum absolute atomic E-state index is 0.00494. The van der Waals surface area contributed by atoms with Crippen LogP contribution in [0.1, 0.15) is 17.2 Å². The molecule has 1 aliphatic rings. The number of carbonyl (C=O) groups is 1. The number of fused-ring (bicyclic) bond motifs is 1. The van der Waals surface area contributed by atoms with Gasteiger partial charge in [0.2, 0.25) is 0 Å². The largest absolute Gasteiger partial charge is 0.482 e. The van der Waals surface area contributed by atoms with Crippen LogP contribution in [-0.2, 0) is 4.79 Å². The zero-order valence-corrected chi connectivity index (χ0v) is 12.3. The molecule has 1 amide bonds. The van der Waals surface area contributed by atoms with Crippen LogP contribution in [0.15, 0.2) is 36.4 Å². The van der Waals surface area contributed by atoms with Gasteiger partial charge in [-0.3, -0.25) is 4.79 Å². The van der Waals surface area contributed by atoms with E-state index in [1.807, 2.05) is 0 Å². The standard InChI is InChI=1S/C15H11Cl2NO3/c16-10-3-1-2-9(14(10)17)15(20)8-4-5-12-11(6-8)18-13(19)7-21-12/h1-6,15,20H,7H2,(H,18,19). The second-order valence-corrected chi connectivity index (χ2v) is 5.42. The Morgan fingerprint density at radius 2 is 2.05 bits per heavy atom. The van der Waals surface area contributed by atoms with Crippen LogP contribution in [0.3, 0.4) is 0 Å². The number of aliphatic hydroxyl groups excluding tert-OH is 1. The van der Waals surface area contributed by atoms with Crippen LogP contribution >= 0.6 is 23.2 Å². The number of rotatable bonds is 2. The molecule has 3 rings (SSSR count). The van der Waals surface area contributed by atoms with Crippen molar-refractivity contribution in [1.29, 1.82) is 0 Å². The quantitative estimate of drug-likeness (QED) is 0.890. The summed E-state index contributed by atoms with van der Waals surface area (Å²) in [5.41, 5.74) is 1.62. The first-order valence-electron chi connectivity index (χ1n) is 6.25. The van der Waals surface area contributed by atoms with Crippen LogP contribution < -0.4 is 10.1 Å². The van der Waals surface area contributed by atoms with E-state index >= 15 is 0 Å². The molecule has 6 heteroatoms. The molecule has 0 saturated heterocycles. The fraction of sp³-hybridized carbons (Fsp3) is 0.133. The Bertz CT molecular complexity index is 718. The molecule has 0 aliphatic carbocycles. The van der Waals surface area contributed by atoms with Gasteiger partial charge in [-0.25, -0.2) is 0 Å². The summed E-state index contributed by atoms with van der Waals surface area (Å²) in [4.78, 5) is 11.3. The van der Waals surface area contributed by atoms with Crippen LogP contribution in [0.25, 0.3) is 0 Å². The third kappa shape index (κ3) is 2.70. The van der Waals surface area contributed by atoms with Gasteiger partial charge in [0.05, 0.1) is 15.7 Å². The molecule has 2 aromatic carbocycles. The number of amides is 1. The highest BCUT2D eigenvalue weighted by atomic mass is 35.5. The summed E-state index contributed by atoms with van der Waals surface area (Å²) >= 11 is 12.1. The van der Waals surface area contributed by atoms with Gasteiger partial charge in [0, 0.05) is 5.56 Å². The second-order valence-electron chi connectivity index (χ2n) is 4.64. The van der Waals surface area contributed by atoms with E-state index in [2.05, 4.69) is 5.32 Å². The van der Waals surface area contributed by atoms with E-state index < -0.39 is 6.10 Å². The monoisotopic (exact) mass is 323 g/mol. The van der Waals surface area contributed by atoms with Crippen molar-refractivity contribution < 1.29 is 14.6 Å². The fourth-order valence-corrected chi connectivity index (χ4v) is 2.59. The van der Waals surface area contributed by atoms with E-state index in [-0.39, 0.29) is 12.5 Å². The lowest BCUT2D eigenvalue weighted by molar-refractivity contribution is -0.118. The molecule has 1 aliphatic heterocycles. The third-order valence-corrected chi connectivity index (χ3v) is 4.06. The number of hydrogen-bond acceptors (Lipinski definition) is 3. The molecule has 1 atom stereocenters. The van der Waals surface area contributed by atoms with Crippen molar-refractivity contribution in [3.05, 3.63) is 57.6 Å². The topological polar surface area (TPSA) is 58.6 Å². The lowest BCUT2D eigenvalue weighted by Crippen LogP contribution is -2.25. The zero-order chi connectivity index (χ0) is 15.0. The van der Waals surface area contributed by atoms with E-state index in [1.165, 1.54) is 0 Å². The number of halogens is 2. The van der Waals surface area contributed by atoms with Gasteiger partial charge in [0.1, 0.15) is 11.9 Å². The highest BCUT2D eigenvalue weighted by Gasteiger charge is 2.20. The maximum absolute atomic E-state index is 11.3. The zero-order valence-electron chi connectivity index (χ0n) is 10.8. The molecule has 0 bridgehead atoms. The smallest absolute Gasteiger partial charge is 0.262 e. The molecule has 21 heavy (non-hydrogen) atoms. The average molecular weight is 324 g/mol. The van der Waals surface area contributed by atoms with Crippen molar-refractivity contribution in [2.75, 3.05) is 11.9 Å². The predicted octanol–water partition coefficient (Wildman–Crippen LogP) is 3.41. The molecule has 2 N–H and O–H groups in total. The van der Waals surface area contributed by atoms with Crippen molar-refractivity contribution in [2.24, 2.45) is 0 Å². The number of carbonyl (C=O) groups excluding carboxylic acids is 1. The summed E-state index contributed by atoms with van der Waals surface area (Å²) in [5, 5.41) is 13.9. The average Bonchev–Trinajstić information content (AvgIpc) is 2.48. The molecule has 2 aromatic rings. The van der Waals surface area contributed by atoms with Gasteiger partial charge in [-0.15, -0.1) is 0 Å². The lowest BCUT2D eigenvalue weighted by atomic mass is 10.0. The lowest BCUT2D eigenvalue weighted by Gasteiger charge is -2.20. The van der Waals surface area contributed by atoms with Gasteiger partial charge in [-0.2, -0.15) is 0 Å². The molecule has 4 nitrogen and oxygen atoms in total. The van der Waals surface area contributed by atoms with Gasteiger partial charge < -0.3 is 15.2 Å². The Hall–Kier alpha value is -1.75. The van der Waals surface area contributed by atoms with E-state index in [1.54, 1.807) is 36.4 Å². The van der Waals surface area contributed by atoms with Crippen LogP contribution in [0.5, 0.6) is 5.75 Å². The number of benzene rings is 2. The summed E-state index contributed by atoms with van der Waals surface area (Å²) in [6.07, 6.45) is -0.944. The van der Waals surface area contributed by atoms with E-state index in [4.69, 9.17) is 27.9 Å².